The summed E-state index contributed by atoms with van der Waals surface area (Å²) < 4.78 is 10.2. The molecule has 4 aromatic heterocycles. The fourth-order valence-corrected chi connectivity index (χ4v) is 10.0. The number of hydrogen-bond donors (Lipinski definition) is 0. The largest absolute Gasteiger partial charge is 0.436 e. The molecule has 6 nitrogen and oxygen atoms in total. The second kappa shape index (κ2) is 13.2. The number of nitrogens with zero attached hydrogens (tertiary/aromatic N) is 5. The number of rotatable bonds is 6. The van der Waals surface area contributed by atoms with E-state index >= 15 is 0 Å². The Kier molecular flexibility index (Phi) is 7.70. The van der Waals surface area contributed by atoms with Crippen molar-refractivity contribution in [3.05, 3.63) is 156 Å². The second-order valence-corrected chi connectivity index (χ2v) is 15.9. The third-order valence-corrected chi connectivity index (χ3v) is 12.7. The Morgan fingerprint density at radius 2 is 1.40 bits per heavy atom. The van der Waals surface area contributed by atoms with Gasteiger partial charge in [-0.1, -0.05) is 109 Å². The predicted octanol–water partition coefficient (Wildman–Crippen LogP) is 11.0. The summed E-state index contributed by atoms with van der Waals surface area (Å²) in [5.41, 5.74) is 8.36. The first-order valence-electron chi connectivity index (χ1n) is 18.5. The molecule has 0 bridgehead atoms. The van der Waals surface area contributed by atoms with E-state index in [0.717, 1.165) is 68.0 Å². The minimum atomic E-state index is -0.0565. The first-order chi connectivity index (χ1) is 27.2. The molecule has 0 amide bonds. The highest BCUT2D eigenvalue weighted by molar-refractivity contribution is 7.27. The molecule has 0 saturated heterocycles. The zero-order valence-corrected chi connectivity index (χ0v) is 31.1. The molecule has 0 N–H and O–H groups in total. The highest BCUT2D eigenvalue weighted by Crippen LogP contribution is 2.45. The van der Waals surface area contributed by atoms with Gasteiger partial charge in [-0.2, -0.15) is 0 Å². The van der Waals surface area contributed by atoms with E-state index in [1.807, 2.05) is 41.7 Å². The van der Waals surface area contributed by atoms with Crippen LogP contribution < -0.4 is 10.8 Å². The van der Waals surface area contributed by atoms with E-state index in [-0.39, 0.29) is 5.92 Å². The molecule has 8 heteroatoms. The van der Waals surface area contributed by atoms with Gasteiger partial charge in [0.05, 0.1) is 10.2 Å². The van der Waals surface area contributed by atoms with Crippen LogP contribution in [0.5, 0.6) is 0 Å². The van der Waals surface area contributed by atoms with Gasteiger partial charge in [0, 0.05) is 42.8 Å². The zero-order valence-electron chi connectivity index (χ0n) is 29.5. The topological polar surface area (TPSA) is 77.6 Å². The normalized spacial score (nSPS) is 15.2. The van der Waals surface area contributed by atoms with Crippen molar-refractivity contribution in [2.45, 2.75) is 25.2 Å². The molecule has 262 valence electrons. The van der Waals surface area contributed by atoms with Crippen molar-refractivity contribution in [3.63, 3.8) is 0 Å². The SMILES string of the molecule is C1=CCCC(c2nc(-c3ccccc3)nc(C3C=c4nc(-c5cccc(-c6cccc7c6sc6c(-c8nc9ccccc9s8)cccc67)c5)oc4=CC3)n2)=C1. The molecule has 0 aliphatic heterocycles. The van der Waals surface area contributed by atoms with Crippen molar-refractivity contribution < 1.29 is 4.42 Å². The van der Waals surface area contributed by atoms with Crippen molar-refractivity contribution in [1.82, 2.24) is 24.9 Å². The Morgan fingerprint density at radius 1 is 0.636 bits per heavy atom. The van der Waals surface area contributed by atoms with Gasteiger partial charge in [0.1, 0.15) is 16.2 Å². The molecule has 0 spiro atoms. The van der Waals surface area contributed by atoms with Crippen molar-refractivity contribution in [3.8, 4) is 44.5 Å². The smallest absolute Gasteiger partial charge is 0.227 e. The number of thiophene rings is 1. The Morgan fingerprint density at radius 3 is 2.25 bits per heavy atom. The van der Waals surface area contributed by atoms with Crippen LogP contribution >= 0.6 is 22.7 Å². The van der Waals surface area contributed by atoms with Gasteiger partial charge in [-0.3, -0.25) is 0 Å². The molecule has 1 unspecified atom stereocenters. The standard InChI is InChI=1S/C47H31N5OS2/c1-3-12-28(13-4-1)43-50-44(29-14-5-2-6-15-29)52-45(51-43)31-24-25-39-38(27-31)48-46(53-39)32-17-9-16-30(26-32)33-18-10-19-34-35-20-11-21-36(42(35)55-41(33)34)47-49-37-22-7-8-23-40(37)54-47/h1-5,7-14,16-23,25-27,31H,6,15,24H2. The summed E-state index contributed by atoms with van der Waals surface area (Å²) in [4.78, 5) is 25.0. The second-order valence-electron chi connectivity index (χ2n) is 13.9. The molecule has 2 aliphatic carbocycles. The molecule has 0 radical (unpaired) electrons. The van der Waals surface area contributed by atoms with E-state index in [1.165, 1.54) is 36.0 Å². The number of fused-ring (bicyclic) bond motifs is 5. The van der Waals surface area contributed by atoms with Crippen LogP contribution in [0, 0.1) is 0 Å². The average Bonchev–Trinajstić information content (AvgIpc) is 3.99. The molecule has 2 aliphatic rings. The van der Waals surface area contributed by atoms with Crippen LogP contribution in [0.3, 0.4) is 0 Å². The van der Waals surface area contributed by atoms with Gasteiger partial charge in [0.15, 0.2) is 17.1 Å². The van der Waals surface area contributed by atoms with E-state index in [4.69, 9.17) is 29.3 Å². The number of aromatic nitrogens is 5. The Hall–Kier alpha value is -6.35. The molecule has 5 aromatic carbocycles. The van der Waals surface area contributed by atoms with Gasteiger partial charge in [-0.05, 0) is 72.4 Å². The van der Waals surface area contributed by atoms with Crippen LogP contribution in [-0.4, -0.2) is 24.9 Å². The van der Waals surface area contributed by atoms with E-state index in [0.29, 0.717) is 18.1 Å². The quantitative estimate of drug-likeness (QED) is 0.169. The third kappa shape index (κ3) is 5.73. The van der Waals surface area contributed by atoms with Gasteiger partial charge in [-0.25, -0.2) is 24.9 Å². The summed E-state index contributed by atoms with van der Waals surface area (Å²) in [7, 11) is 0. The summed E-state index contributed by atoms with van der Waals surface area (Å²) in [5, 5.41) is 4.37. The molecule has 1 atom stereocenters. The molecule has 11 rings (SSSR count). The Balaban J connectivity index is 0.960. The van der Waals surface area contributed by atoms with Crippen LogP contribution in [0.25, 0.3) is 92.7 Å². The lowest BCUT2D eigenvalue weighted by atomic mass is 9.99. The van der Waals surface area contributed by atoms with Crippen LogP contribution in [0.4, 0.5) is 0 Å². The number of benzene rings is 5. The third-order valence-electron chi connectivity index (χ3n) is 10.4. The van der Waals surface area contributed by atoms with Crippen molar-refractivity contribution >= 4 is 70.8 Å². The molecular formula is C47H31N5OS2. The van der Waals surface area contributed by atoms with E-state index < -0.39 is 0 Å². The van der Waals surface area contributed by atoms with Crippen molar-refractivity contribution in [2.75, 3.05) is 0 Å². The molecular weight excluding hydrogens is 715 g/mol. The maximum atomic E-state index is 6.43. The molecule has 9 aromatic rings. The molecule has 4 heterocycles. The lowest BCUT2D eigenvalue weighted by Crippen LogP contribution is -2.27. The zero-order chi connectivity index (χ0) is 36.3. The number of oxazole rings is 1. The van der Waals surface area contributed by atoms with Crippen LogP contribution in [-0.2, 0) is 0 Å². The van der Waals surface area contributed by atoms with Gasteiger partial charge < -0.3 is 4.42 Å². The van der Waals surface area contributed by atoms with Gasteiger partial charge in [0.25, 0.3) is 0 Å². The van der Waals surface area contributed by atoms with E-state index in [1.54, 1.807) is 11.3 Å². The minimum Gasteiger partial charge on any atom is -0.436 e. The molecule has 55 heavy (non-hydrogen) atoms. The average molecular weight is 746 g/mol. The summed E-state index contributed by atoms with van der Waals surface area (Å²) >= 11 is 3.59. The lowest BCUT2D eigenvalue weighted by Gasteiger charge is -2.15. The summed E-state index contributed by atoms with van der Waals surface area (Å²) in [6, 6.07) is 40.2. The fraction of sp³-hybridized carbons (Fsp3) is 0.0851. The molecule has 0 fully saturated rings. The Bertz CT molecular complexity index is 3120. The number of thiazole rings is 1. The maximum absolute atomic E-state index is 6.43. The van der Waals surface area contributed by atoms with Crippen molar-refractivity contribution in [2.24, 2.45) is 0 Å². The fourth-order valence-electron chi connectivity index (χ4n) is 7.64. The van der Waals surface area contributed by atoms with Gasteiger partial charge >= 0.3 is 0 Å². The van der Waals surface area contributed by atoms with Crippen molar-refractivity contribution in [1.29, 1.82) is 0 Å². The number of para-hydroxylation sites is 1. The highest BCUT2D eigenvalue weighted by atomic mass is 32.1. The lowest BCUT2D eigenvalue weighted by molar-refractivity contribution is 0.536. The highest BCUT2D eigenvalue weighted by Gasteiger charge is 2.22. The van der Waals surface area contributed by atoms with Crippen LogP contribution in [0.1, 0.15) is 36.8 Å². The van der Waals surface area contributed by atoms with Crippen LogP contribution in [0.15, 0.2) is 138 Å². The first-order valence-corrected chi connectivity index (χ1v) is 20.1. The van der Waals surface area contributed by atoms with Gasteiger partial charge in [-0.15, -0.1) is 22.7 Å². The van der Waals surface area contributed by atoms with E-state index in [9.17, 15) is 0 Å². The maximum Gasteiger partial charge on any atom is 0.227 e. The van der Waals surface area contributed by atoms with Crippen LogP contribution in [0.2, 0.25) is 0 Å². The summed E-state index contributed by atoms with van der Waals surface area (Å²) in [5.74, 6) is 2.72. The first kappa shape index (κ1) is 32.1. The monoisotopic (exact) mass is 745 g/mol. The number of hydrogen-bond acceptors (Lipinski definition) is 8. The minimum absolute atomic E-state index is 0.0565. The number of allylic oxidation sites excluding steroid dienone is 4. The predicted molar refractivity (Wildman–Crippen MR) is 226 cm³/mol. The summed E-state index contributed by atoms with van der Waals surface area (Å²) in [6.45, 7) is 0. The van der Waals surface area contributed by atoms with Gasteiger partial charge in [0.2, 0.25) is 5.89 Å². The molecule has 0 saturated carbocycles. The van der Waals surface area contributed by atoms with E-state index in [2.05, 4.69) is 115 Å². The Labute approximate surface area is 324 Å². The summed E-state index contributed by atoms with van der Waals surface area (Å²) in [6.07, 6.45) is 13.3.